The molecule has 2 aromatic carbocycles. The molecular formula is C23H19F3O5S. The second kappa shape index (κ2) is 9.44. The van der Waals surface area contributed by atoms with Crippen molar-refractivity contribution < 1.29 is 37.0 Å². The van der Waals surface area contributed by atoms with Crippen molar-refractivity contribution in [3.8, 4) is 11.5 Å². The lowest BCUT2D eigenvalue weighted by Gasteiger charge is -2.13. The largest absolute Gasteiger partial charge is 0.495 e. The Morgan fingerprint density at radius 1 is 1.03 bits per heavy atom. The molecule has 0 aliphatic rings. The molecule has 0 radical (unpaired) electrons. The van der Waals surface area contributed by atoms with Crippen LogP contribution in [0.25, 0.3) is 20.2 Å². The molecule has 0 unspecified atom stereocenters. The highest BCUT2D eigenvalue weighted by atomic mass is 32.1. The van der Waals surface area contributed by atoms with Crippen LogP contribution in [-0.4, -0.2) is 25.7 Å². The van der Waals surface area contributed by atoms with E-state index in [1.54, 1.807) is 12.1 Å². The van der Waals surface area contributed by atoms with Crippen LogP contribution in [0, 0.1) is 0 Å². The van der Waals surface area contributed by atoms with Gasteiger partial charge in [0.2, 0.25) is 0 Å². The molecule has 5 nitrogen and oxygen atoms in total. The molecule has 0 N–H and O–H groups in total. The first-order valence-electron chi connectivity index (χ1n) is 9.47. The number of hydrogen-bond donors (Lipinski definition) is 0. The van der Waals surface area contributed by atoms with Crippen LogP contribution in [0.1, 0.15) is 17.5 Å². The smallest absolute Gasteiger partial charge is 0.421 e. The highest BCUT2D eigenvalue weighted by Crippen LogP contribution is 2.49. The second-order valence-electron chi connectivity index (χ2n) is 6.65. The van der Waals surface area contributed by atoms with Gasteiger partial charge in [-0.15, -0.1) is 11.3 Å². The van der Waals surface area contributed by atoms with Crippen molar-refractivity contribution in [1.29, 1.82) is 0 Å². The van der Waals surface area contributed by atoms with Crippen molar-refractivity contribution >= 4 is 43.4 Å². The van der Waals surface area contributed by atoms with Crippen molar-refractivity contribution in [1.82, 2.24) is 0 Å². The molecule has 0 aliphatic heterocycles. The van der Waals surface area contributed by atoms with Crippen molar-refractivity contribution in [2.45, 2.75) is 19.0 Å². The minimum absolute atomic E-state index is 0.0581. The van der Waals surface area contributed by atoms with Gasteiger partial charge in [0.25, 0.3) is 0 Å². The highest BCUT2D eigenvalue weighted by molar-refractivity contribution is 7.26. The van der Waals surface area contributed by atoms with E-state index in [1.807, 2.05) is 0 Å². The van der Waals surface area contributed by atoms with E-state index in [0.717, 1.165) is 35.1 Å². The van der Waals surface area contributed by atoms with Crippen molar-refractivity contribution in [3.63, 3.8) is 0 Å². The van der Waals surface area contributed by atoms with Crippen molar-refractivity contribution in [2.24, 2.45) is 0 Å². The van der Waals surface area contributed by atoms with Gasteiger partial charge in [0.15, 0.2) is 0 Å². The summed E-state index contributed by atoms with van der Waals surface area (Å²) in [5.41, 5.74) is -0.251. The maximum absolute atomic E-state index is 13.9. The van der Waals surface area contributed by atoms with E-state index in [-0.39, 0.29) is 11.3 Å². The molecule has 0 bridgehead atoms. The van der Waals surface area contributed by atoms with E-state index in [2.05, 4.69) is 13.2 Å². The van der Waals surface area contributed by atoms with Crippen LogP contribution in [0.4, 0.5) is 13.2 Å². The fraction of sp³-hybridized carbons (Fsp3) is 0.217. The van der Waals surface area contributed by atoms with Crippen LogP contribution in [0.3, 0.4) is 0 Å². The van der Waals surface area contributed by atoms with Crippen LogP contribution < -0.4 is 9.47 Å². The van der Waals surface area contributed by atoms with Gasteiger partial charge in [0, 0.05) is 22.9 Å². The molecule has 0 fully saturated rings. The fourth-order valence-corrected chi connectivity index (χ4v) is 4.73. The molecule has 0 aliphatic carbocycles. The molecule has 0 saturated heterocycles. The maximum atomic E-state index is 13.9. The summed E-state index contributed by atoms with van der Waals surface area (Å²) in [5, 5.41) is 0.969. The molecule has 3 aromatic rings. The number of alkyl halides is 3. The monoisotopic (exact) mass is 464 g/mol. The number of methoxy groups -OCH3 is 1. The number of carbonyl (C=O) groups excluding carboxylic acids is 2. The van der Waals surface area contributed by atoms with Crippen LogP contribution in [0.5, 0.6) is 11.5 Å². The Bertz CT molecular complexity index is 1210. The Morgan fingerprint density at radius 3 is 2.31 bits per heavy atom. The first-order chi connectivity index (χ1) is 15.2. The van der Waals surface area contributed by atoms with E-state index in [4.69, 9.17) is 14.2 Å². The maximum Gasteiger partial charge on any atom is 0.421 e. The number of carbonyl (C=O) groups is 2. The molecule has 9 heteroatoms. The average Bonchev–Trinajstić information content (AvgIpc) is 3.13. The number of rotatable bonds is 8. The number of halogens is 3. The van der Waals surface area contributed by atoms with Gasteiger partial charge >= 0.3 is 18.1 Å². The summed E-state index contributed by atoms with van der Waals surface area (Å²) in [6.45, 7) is 6.72. The third-order valence-corrected chi connectivity index (χ3v) is 5.91. The summed E-state index contributed by atoms with van der Waals surface area (Å²) in [6, 6.07) is 6.13. The Morgan fingerprint density at radius 2 is 1.69 bits per heavy atom. The second-order valence-corrected chi connectivity index (χ2v) is 7.67. The van der Waals surface area contributed by atoms with Crippen LogP contribution in [-0.2, 0) is 26.9 Å². The van der Waals surface area contributed by atoms with Crippen molar-refractivity contribution in [3.05, 3.63) is 60.7 Å². The molecular weight excluding hydrogens is 445 g/mol. The topological polar surface area (TPSA) is 61.8 Å². The first kappa shape index (κ1) is 23.3. The van der Waals surface area contributed by atoms with Crippen LogP contribution in [0.15, 0.2) is 49.6 Å². The van der Waals surface area contributed by atoms with Crippen LogP contribution in [0.2, 0.25) is 0 Å². The van der Waals surface area contributed by atoms with Gasteiger partial charge in [-0.3, -0.25) is 0 Å². The van der Waals surface area contributed by atoms with Gasteiger partial charge in [-0.25, -0.2) is 9.59 Å². The quantitative estimate of drug-likeness (QED) is 0.182. The van der Waals surface area contributed by atoms with E-state index in [9.17, 15) is 22.8 Å². The summed E-state index contributed by atoms with van der Waals surface area (Å²) in [4.78, 5) is 22.7. The predicted molar refractivity (Wildman–Crippen MR) is 116 cm³/mol. The molecule has 0 atom stereocenters. The van der Waals surface area contributed by atoms with E-state index in [0.29, 0.717) is 34.1 Å². The molecule has 0 spiro atoms. The molecule has 3 rings (SSSR count). The number of thiophene rings is 1. The summed E-state index contributed by atoms with van der Waals surface area (Å²) >= 11 is 0.916. The Balaban J connectivity index is 2.10. The molecule has 168 valence electrons. The minimum Gasteiger partial charge on any atom is -0.495 e. The van der Waals surface area contributed by atoms with Crippen LogP contribution >= 0.6 is 11.3 Å². The molecule has 0 amide bonds. The molecule has 32 heavy (non-hydrogen) atoms. The standard InChI is InChI=1S/C23H19F3O5S/c1-4-17(27)30-12-6-7-13-8-9-15-14-10-11-16(31-18(28)5-2)19(23(24,25)26)21(14)32-22(15)20(13)29-3/h4-5,8-11H,1-2,6-7,12H2,3H3. The third-order valence-electron chi connectivity index (χ3n) is 4.67. The molecule has 1 heterocycles. The first-order valence-corrected chi connectivity index (χ1v) is 10.3. The van der Waals surface area contributed by atoms with Crippen molar-refractivity contribution in [2.75, 3.05) is 13.7 Å². The Kier molecular flexibility index (Phi) is 6.88. The number of esters is 2. The van der Waals surface area contributed by atoms with E-state index >= 15 is 0 Å². The highest BCUT2D eigenvalue weighted by Gasteiger charge is 2.38. The average molecular weight is 464 g/mol. The van der Waals surface area contributed by atoms with E-state index < -0.39 is 29.4 Å². The lowest BCUT2D eigenvalue weighted by atomic mass is 10.0. The van der Waals surface area contributed by atoms with Gasteiger partial charge in [0.1, 0.15) is 17.1 Å². The molecule has 1 aromatic heterocycles. The van der Waals surface area contributed by atoms with E-state index in [1.165, 1.54) is 13.2 Å². The van der Waals surface area contributed by atoms with Gasteiger partial charge in [-0.05, 0) is 30.5 Å². The number of ether oxygens (including phenoxy) is 3. The summed E-state index contributed by atoms with van der Waals surface area (Å²) in [6.07, 6.45) is -1.88. The lowest BCUT2D eigenvalue weighted by Crippen LogP contribution is -2.11. The molecule has 0 saturated carbocycles. The predicted octanol–water partition coefficient (Wildman–Crippen LogP) is 5.84. The third kappa shape index (κ3) is 4.62. The van der Waals surface area contributed by atoms with Gasteiger partial charge in [-0.1, -0.05) is 25.3 Å². The van der Waals surface area contributed by atoms with Gasteiger partial charge in [0.05, 0.1) is 23.1 Å². The van der Waals surface area contributed by atoms with Gasteiger partial charge in [-0.2, -0.15) is 13.2 Å². The SMILES string of the molecule is C=CC(=O)OCCCc1ccc2c(sc3c(C(F)(F)F)c(OC(=O)C=C)ccc32)c1OC. The summed E-state index contributed by atoms with van der Waals surface area (Å²) < 4.78 is 57.6. The number of hydrogen-bond acceptors (Lipinski definition) is 6. The number of benzene rings is 2. The fourth-order valence-electron chi connectivity index (χ4n) is 3.32. The minimum atomic E-state index is -4.75. The summed E-state index contributed by atoms with van der Waals surface area (Å²) in [7, 11) is 1.45. The summed E-state index contributed by atoms with van der Waals surface area (Å²) in [5.74, 6) is -1.63. The normalized spacial score (nSPS) is 11.4. The zero-order valence-electron chi connectivity index (χ0n) is 17.1. The lowest BCUT2D eigenvalue weighted by molar-refractivity contribution is -0.140. The zero-order valence-corrected chi connectivity index (χ0v) is 17.9. The number of aryl methyl sites for hydroxylation is 1. The van der Waals surface area contributed by atoms with Gasteiger partial charge < -0.3 is 14.2 Å². The Hall–Kier alpha value is -3.33. The zero-order chi connectivity index (χ0) is 23.5. The number of fused-ring (bicyclic) bond motifs is 3. The Labute approximate surface area is 185 Å².